The van der Waals surface area contributed by atoms with Crippen molar-refractivity contribution in [2.24, 2.45) is 5.16 Å². The quantitative estimate of drug-likeness (QED) is 0.422. The summed E-state index contributed by atoms with van der Waals surface area (Å²) in [5.41, 5.74) is 0.117. The molecule has 1 N–H and O–H groups in total. The van der Waals surface area contributed by atoms with Crippen molar-refractivity contribution in [1.82, 2.24) is 9.29 Å². The second-order valence-electron chi connectivity index (χ2n) is 7.48. The van der Waals surface area contributed by atoms with Crippen LogP contribution in [0.5, 0.6) is 0 Å². The predicted molar refractivity (Wildman–Crippen MR) is 119 cm³/mol. The average Bonchev–Trinajstić information content (AvgIpc) is 2.82. The van der Waals surface area contributed by atoms with Crippen LogP contribution in [0.2, 0.25) is 0 Å². The van der Waals surface area contributed by atoms with Crippen molar-refractivity contribution < 1.29 is 31.2 Å². The van der Waals surface area contributed by atoms with Gasteiger partial charge in [0.15, 0.2) is 0 Å². The Morgan fingerprint density at radius 2 is 1.76 bits per heavy atom. The number of pyridine rings is 1. The van der Waals surface area contributed by atoms with E-state index in [2.05, 4.69) is 15.5 Å². The number of alkyl halides is 3. The number of benzene rings is 2. The molecule has 0 atom stereocenters. The lowest BCUT2D eigenvalue weighted by molar-refractivity contribution is -0.137. The number of anilines is 1. The van der Waals surface area contributed by atoms with Gasteiger partial charge >= 0.3 is 12.3 Å². The second-order valence-corrected chi connectivity index (χ2v) is 9.42. The van der Waals surface area contributed by atoms with Gasteiger partial charge in [0.2, 0.25) is 10.0 Å². The second kappa shape index (κ2) is 9.39. The van der Waals surface area contributed by atoms with Crippen LogP contribution in [-0.4, -0.2) is 42.6 Å². The fraction of sp³-hybridized carbons (Fsp3) is 0.227. The van der Waals surface area contributed by atoms with Crippen molar-refractivity contribution in [3.63, 3.8) is 0 Å². The zero-order valence-electron chi connectivity index (χ0n) is 17.6. The number of carbonyl (C=O) groups is 1. The monoisotopic (exact) mass is 492 g/mol. The number of sulfonamides is 1. The molecule has 4 rings (SSSR count). The summed E-state index contributed by atoms with van der Waals surface area (Å²) in [6, 6.07) is 14.4. The Hall–Kier alpha value is -3.51. The van der Waals surface area contributed by atoms with E-state index >= 15 is 0 Å². The van der Waals surface area contributed by atoms with Gasteiger partial charge in [-0.3, -0.25) is 10.2 Å². The maximum Gasteiger partial charge on any atom is 0.439 e. The normalized spacial score (nSPS) is 15.2. The number of oxime groups is 1. The molecule has 1 saturated heterocycles. The van der Waals surface area contributed by atoms with Gasteiger partial charge in [0.05, 0.1) is 21.7 Å². The number of hydrogen-bond donors (Lipinski definition) is 1. The fourth-order valence-electron chi connectivity index (χ4n) is 3.43. The number of aromatic nitrogens is 1. The molecule has 2 heterocycles. The first-order valence-electron chi connectivity index (χ1n) is 10.2. The topological polar surface area (TPSA) is 101 Å². The standard InChI is InChI=1S/C22H19F3N4O4S/c23-22(24,25)16-5-3-6-18(14-16)34(31,32)29-12-10-17(11-13-29)28-33-21(30)27-20-9-8-15-4-1-2-7-19(15)26-20/h1-9,14H,10-13H2,(H,26,27,30). The molecular weight excluding hydrogens is 473 g/mol. The maximum absolute atomic E-state index is 12.9. The molecule has 12 heteroatoms. The van der Waals surface area contributed by atoms with E-state index in [0.29, 0.717) is 17.3 Å². The number of nitrogens with zero attached hydrogens (tertiary/aromatic N) is 3. The lowest BCUT2D eigenvalue weighted by atomic mass is 10.1. The lowest BCUT2D eigenvalue weighted by Crippen LogP contribution is -2.38. The van der Waals surface area contributed by atoms with Gasteiger partial charge in [-0.05, 0) is 36.4 Å². The summed E-state index contributed by atoms with van der Waals surface area (Å²) in [5.74, 6) is 0.283. The minimum atomic E-state index is -4.65. The summed E-state index contributed by atoms with van der Waals surface area (Å²) < 4.78 is 65.4. The van der Waals surface area contributed by atoms with Crippen LogP contribution in [-0.2, 0) is 21.0 Å². The third-order valence-corrected chi connectivity index (χ3v) is 7.08. The van der Waals surface area contributed by atoms with Crippen LogP contribution in [0.4, 0.5) is 23.8 Å². The Labute approximate surface area is 193 Å². The van der Waals surface area contributed by atoms with Crippen molar-refractivity contribution in [2.45, 2.75) is 23.9 Å². The zero-order valence-corrected chi connectivity index (χ0v) is 18.4. The molecule has 1 aromatic heterocycles. The molecule has 0 bridgehead atoms. The molecule has 3 aromatic rings. The van der Waals surface area contributed by atoms with Crippen molar-refractivity contribution in [3.8, 4) is 0 Å². The van der Waals surface area contributed by atoms with Crippen LogP contribution in [0.25, 0.3) is 10.9 Å². The average molecular weight is 492 g/mol. The maximum atomic E-state index is 12.9. The van der Waals surface area contributed by atoms with E-state index in [4.69, 9.17) is 4.84 Å². The number of halogens is 3. The van der Waals surface area contributed by atoms with Gasteiger partial charge in [-0.1, -0.05) is 29.4 Å². The highest BCUT2D eigenvalue weighted by Crippen LogP contribution is 2.31. The van der Waals surface area contributed by atoms with Crippen molar-refractivity contribution in [1.29, 1.82) is 0 Å². The molecule has 1 aliphatic heterocycles. The van der Waals surface area contributed by atoms with Gasteiger partial charge in [0, 0.05) is 31.3 Å². The molecule has 0 saturated carbocycles. The van der Waals surface area contributed by atoms with Crippen molar-refractivity contribution >= 4 is 38.5 Å². The molecule has 0 spiro atoms. The summed E-state index contributed by atoms with van der Waals surface area (Å²) in [4.78, 5) is 20.8. The molecule has 34 heavy (non-hydrogen) atoms. The van der Waals surface area contributed by atoms with E-state index < -0.39 is 32.8 Å². The number of fused-ring (bicyclic) bond motifs is 1. The number of para-hydroxylation sites is 1. The summed E-state index contributed by atoms with van der Waals surface area (Å²) >= 11 is 0. The molecule has 1 fully saturated rings. The Morgan fingerprint density at radius 1 is 1.03 bits per heavy atom. The minimum Gasteiger partial charge on any atom is -0.298 e. The SMILES string of the molecule is O=C(Nc1ccc2ccccc2n1)ON=C1CCN(S(=O)(=O)c2cccc(C(F)(F)F)c2)CC1. The summed E-state index contributed by atoms with van der Waals surface area (Å²) in [6.07, 6.45) is -5.17. The van der Waals surface area contributed by atoms with Gasteiger partial charge in [0.25, 0.3) is 0 Å². The number of nitrogens with one attached hydrogen (secondary N) is 1. The van der Waals surface area contributed by atoms with Crippen LogP contribution in [0.15, 0.2) is 70.7 Å². The van der Waals surface area contributed by atoms with Crippen molar-refractivity contribution in [2.75, 3.05) is 18.4 Å². The van der Waals surface area contributed by atoms with Crippen LogP contribution in [0.3, 0.4) is 0 Å². The highest BCUT2D eigenvalue weighted by molar-refractivity contribution is 7.89. The molecule has 1 amide bonds. The van der Waals surface area contributed by atoms with Gasteiger partial charge in [-0.25, -0.2) is 18.2 Å². The van der Waals surface area contributed by atoms with Gasteiger partial charge in [0.1, 0.15) is 5.82 Å². The molecule has 0 radical (unpaired) electrons. The molecule has 0 unspecified atom stereocenters. The fourth-order valence-corrected chi connectivity index (χ4v) is 4.91. The number of carbonyl (C=O) groups excluding carboxylic acids is 1. The number of hydrogen-bond acceptors (Lipinski definition) is 6. The Morgan fingerprint density at radius 3 is 2.50 bits per heavy atom. The highest BCUT2D eigenvalue weighted by Gasteiger charge is 2.33. The van der Waals surface area contributed by atoms with Crippen LogP contribution in [0, 0.1) is 0 Å². The van der Waals surface area contributed by atoms with Crippen molar-refractivity contribution in [3.05, 3.63) is 66.2 Å². The smallest absolute Gasteiger partial charge is 0.298 e. The first kappa shape index (κ1) is 23.6. The summed E-state index contributed by atoms with van der Waals surface area (Å²) in [7, 11) is -4.11. The largest absolute Gasteiger partial charge is 0.439 e. The molecular formula is C22H19F3N4O4S. The highest BCUT2D eigenvalue weighted by atomic mass is 32.2. The van der Waals surface area contributed by atoms with E-state index in [0.717, 1.165) is 27.9 Å². The molecule has 8 nitrogen and oxygen atoms in total. The van der Waals surface area contributed by atoms with E-state index in [-0.39, 0.29) is 31.7 Å². The number of piperidine rings is 1. The summed E-state index contributed by atoms with van der Waals surface area (Å²) in [5, 5.41) is 7.16. The van der Waals surface area contributed by atoms with E-state index in [1.807, 2.05) is 18.2 Å². The zero-order chi connectivity index (χ0) is 24.3. The predicted octanol–water partition coefficient (Wildman–Crippen LogP) is 4.64. The summed E-state index contributed by atoms with van der Waals surface area (Å²) in [6.45, 7) is -0.0107. The lowest BCUT2D eigenvalue weighted by Gasteiger charge is -2.26. The number of rotatable bonds is 4. The van der Waals surface area contributed by atoms with Gasteiger partial charge in [-0.2, -0.15) is 17.5 Å². The minimum absolute atomic E-state index is 0.00534. The first-order chi connectivity index (χ1) is 16.1. The molecule has 178 valence electrons. The van der Waals surface area contributed by atoms with Crippen LogP contribution >= 0.6 is 0 Å². The van der Waals surface area contributed by atoms with Crippen LogP contribution < -0.4 is 5.32 Å². The van der Waals surface area contributed by atoms with E-state index in [1.165, 1.54) is 0 Å². The Kier molecular flexibility index (Phi) is 6.53. The molecule has 2 aromatic carbocycles. The van der Waals surface area contributed by atoms with Gasteiger partial charge in [-0.15, -0.1) is 0 Å². The Bertz CT molecular complexity index is 1350. The van der Waals surface area contributed by atoms with E-state index in [9.17, 15) is 26.4 Å². The van der Waals surface area contributed by atoms with E-state index in [1.54, 1.807) is 18.2 Å². The molecule has 0 aliphatic carbocycles. The third-order valence-electron chi connectivity index (χ3n) is 5.18. The third kappa shape index (κ3) is 5.34. The number of amides is 1. The first-order valence-corrected chi connectivity index (χ1v) is 11.6. The molecule has 1 aliphatic rings. The van der Waals surface area contributed by atoms with Crippen LogP contribution in [0.1, 0.15) is 18.4 Å². The Balaban J connectivity index is 1.34. The van der Waals surface area contributed by atoms with Gasteiger partial charge < -0.3 is 0 Å².